The van der Waals surface area contributed by atoms with Crippen LogP contribution in [-0.2, 0) is 6.54 Å². The Morgan fingerprint density at radius 2 is 1.76 bits per heavy atom. The topological polar surface area (TPSA) is 55.0 Å². The normalized spacial score (nSPS) is 10.2. The second-order valence-corrected chi connectivity index (χ2v) is 4.16. The zero-order valence-corrected chi connectivity index (χ0v) is 10.1. The molecular formula is C13H16N4. The Kier molecular flexibility index (Phi) is 3.23. The monoisotopic (exact) mass is 228 g/mol. The van der Waals surface area contributed by atoms with Crippen LogP contribution < -0.4 is 10.6 Å². The maximum atomic E-state index is 5.50. The number of rotatable bonds is 3. The molecule has 17 heavy (non-hydrogen) atoms. The third kappa shape index (κ3) is 2.93. The molecule has 0 saturated carbocycles. The summed E-state index contributed by atoms with van der Waals surface area (Å²) in [5.74, 6) is 1.26. The third-order valence-electron chi connectivity index (χ3n) is 2.60. The van der Waals surface area contributed by atoms with Crippen LogP contribution in [0.5, 0.6) is 0 Å². The predicted molar refractivity (Wildman–Crippen MR) is 69.7 cm³/mol. The smallest absolute Gasteiger partial charge is 0.151 e. The van der Waals surface area contributed by atoms with Crippen molar-refractivity contribution in [2.45, 2.75) is 13.5 Å². The number of nitrogen functional groups attached to an aromatic ring is 1. The summed E-state index contributed by atoms with van der Waals surface area (Å²) >= 11 is 0. The van der Waals surface area contributed by atoms with Gasteiger partial charge in [0.1, 0.15) is 5.82 Å². The van der Waals surface area contributed by atoms with Gasteiger partial charge in [-0.3, -0.25) is 0 Å². The molecule has 0 aliphatic carbocycles. The molecule has 0 radical (unpaired) electrons. The van der Waals surface area contributed by atoms with Gasteiger partial charge >= 0.3 is 0 Å². The van der Waals surface area contributed by atoms with Gasteiger partial charge in [-0.2, -0.15) is 0 Å². The van der Waals surface area contributed by atoms with Crippen LogP contribution in [0.2, 0.25) is 0 Å². The Morgan fingerprint density at radius 1 is 1.06 bits per heavy atom. The van der Waals surface area contributed by atoms with Gasteiger partial charge in [0, 0.05) is 13.6 Å². The molecule has 1 heterocycles. The number of nitrogens with zero attached hydrogens (tertiary/aromatic N) is 3. The molecule has 2 rings (SSSR count). The van der Waals surface area contributed by atoms with Crippen molar-refractivity contribution < 1.29 is 0 Å². The summed E-state index contributed by atoms with van der Waals surface area (Å²) in [4.78, 5) is 2.04. The lowest BCUT2D eigenvalue weighted by molar-refractivity contribution is 0.869. The Morgan fingerprint density at radius 3 is 2.35 bits per heavy atom. The molecule has 0 aliphatic rings. The van der Waals surface area contributed by atoms with E-state index >= 15 is 0 Å². The van der Waals surface area contributed by atoms with Gasteiger partial charge in [-0.25, -0.2) is 0 Å². The fraction of sp³-hybridized carbons (Fsp3) is 0.231. The van der Waals surface area contributed by atoms with Crippen LogP contribution in [0.15, 0.2) is 36.4 Å². The maximum absolute atomic E-state index is 5.50. The molecule has 0 saturated heterocycles. The lowest BCUT2D eigenvalue weighted by Crippen LogP contribution is -2.18. The summed E-state index contributed by atoms with van der Waals surface area (Å²) in [6, 6.07) is 12.1. The van der Waals surface area contributed by atoms with Crippen LogP contribution in [0.25, 0.3) is 0 Å². The number of aryl methyl sites for hydroxylation is 1. The number of benzene rings is 1. The van der Waals surface area contributed by atoms with Gasteiger partial charge in [-0.1, -0.05) is 29.8 Å². The molecule has 4 heteroatoms. The van der Waals surface area contributed by atoms with Crippen molar-refractivity contribution in [3.63, 3.8) is 0 Å². The van der Waals surface area contributed by atoms with Gasteiger partial charge in [0.2, 0.25) is 0 Å². The maximum Gasteiger partial charge on any atom is 0.151 e. The first-order chi connectivity index (χ1) is 8.15. The molecule has 2 N–H and O–H groups in total. The quantitative estimate of drug-likeness (QED) is 0.873. The van der Waals surface area contributed by atoms with E-state index in [0.717, 1.165) is 12.4 Å². The minimum atomic E-state index is 0.442. The molecule has 1 aromatic heterocycles. The van der Waals surface area contributed by atoms with Crippen molar-refractivity contribution in [2.24, 2.45) is 0 Å². The Hall–Kier alpha value is -2.10. The van der Waals surface area contributed by atoms with Crippen LogP contribution in [0.1, 0.15) is 11.1 Å². The van der Waals surface area contributed by atoms with E-state index < -0.39 is 0 Å². The molecular weight excluding hydrogens is 212 g/mol. The zero-order valence-electron chi connectivity index (χ0n) is 10.1. The SMILES string of the molecule is Cc1ccc(CN(C)c2ccc(N)nn2)cc1. The van der Waals surface area contributed by atoms with Crippen molar-refractivity contribution in [2.75, 3.05) is 17.7 Å². The van der Waals surface area contributed by atoms with Gasteiger partial charge in [0.05, 0.1) is 0 Å². The second kappa shape index (κ2) is 4.82. The number of nitrogens with two attached hydrogens (primary N) is 1. The molecule has 0 atom stereocenters. The summed E-state index contributed by atoms with van der Waals surface area (Å²) in [6.45, 7) is 2.89. The number of anilines is 2. The third-order valence-corrected chi connectivity index (χ3v) is 2.60. The number of aromatic nitrogens is 2. The van der Waals surface area contributed by atoms with Crippen LogP contribution >= 0.6 is 0 Å². The lowest BCUT2D eigenvalue weighted by atomic mass is 10.1. The highest BCUT2D eigenvalue weighted by Crippen LogP contribution is 2.12. The Balaban J connectivity index is 2.08. The van der Waals surface area contributed by atoms with E-state index in [4.69, 9.17) is 5.73 Å². The fourth-order valence-electron chi connectivity index (χ4n) is 1.59. The highest BCUT2D eigenvalue weighted by atomic mass is 15.3. The van der Waals surface area contributed by atoms with E-state index in [-0.39, 0.29) is 0 Å². The van der Waals surface area contributed by atoms with E-state index in [0.29, 0.717) is 5.82 Å². The number of hydrogen-bond donors (Lipinski definition) is 1. The molecule has 0 spiro atoms. The summed E-state index contributed by atoms with van der Waals surface area (Å²) in [6.07, 6.45) is 0. The van der Waals surface area contributed by atoms with E-state index in [9.17, 15) is 0 Å². The molecule has 0 fully saturated rings. The number of hydrogen-bond acceptors (Lipinski definition) is 4. The molecule has 0 aliphatic heterocycles. The van der Waals surface area contributed by atoms with E-state index in [1.807, 2.05) is 18.0 Å². The van der Waals surface area contributed by atoms with Crippen molar-refractivity contribution in [3.05, 3.63) is 47.5 Å². The van der Waals surface area contributed by atoms with Gasteiger partial charge < -0.3 is 10.6 Å². The lowest BCUT2D eigenvalue weighted by Gasteiger charge is -2.17. The van der Waals surface area contributed by atoms with E-state index in [1.165, 1.54) is 11.1 Å². The standard InChI is InChI=1S/C13H16N4/c1-10-3-5-11(6-4-10)9-17(2)13-8-7-12(14)15-16-13/h3-8H,9H2,1-2H3,(H2,14,15). The van der Waals surface area contributed by atoms with Crippen LogP contribution in [0.3, 0.4) is 0 Å². The molecule has 0 amide bonds. The predicted octanol–water partition coefficient (Wildman–Crippen LogP) is 2.00. The van der Waals surface area contributed by atoms with Gasteiger partial charge in [-0.05, 0) is 24.6 Å². The minimum Gasteiger partial charge on any atom is -0.382 e. The van der Waals surface area contributed by atoms with Crippen molar-refractivity contribution in [3.8, 4) is 0 Å². The first kappa shape index (κ1) is 11.4. The highest BCUT2D eigenvalue weighted by Gasteiger charge is 2.03. The van der Waals surface area contributed by atoms with Gasteiger partial charge in [-0.15, -0.1) is 10.2 Å². The molecule has 88 valence electrons. The average molecular weight is 228 g/mol. The highest BCUT2D eigenvalue weighted by molar-refractivity contribution is 5.41. The van der Waals surface area contributed by atoms with Crippen molar-refractivity contribution in [1.29, 1.82) is 0 Å². The summed E-state index contributed by atoms with van der Waals surface area (Å²) < 4.78 is 0. The Labute approximate surface area is 101 Å². The second-order valence-electron chi connectivity index (χ2n) is 4.16. The van der Waals surface area contributed by atoms with E-state index in [2.05, 4.69) is 41.4 Å². The fourth-order valence-corrected chi connectivity index (χ4v) is 1.59. The van der Waals surface area contributed by atoms with Crippen molar-refractivity contribution >= 4 is 11.6 Å². The van der Waals surface area contributed by atoms with Crippen LogP contribution in [0.4, 0.5) is 11.6 Å². The summed E-state index contributed by atoms with van der Waals surface area (Å²) in [5.41, 5.74) is 8.02. The summed E-state index contributed by atoms with van der Waals surface area (Å²) in [5, 5.41) is 7.88. The molecule has 4 nitrogen and oxygen atoms in total. The molecule has 0 unspecified atom stereocenters. The zero-order chi connectivity index (χ0) is 12.3. The molecule has 0 bridgehead atoms. The van der Waals surface area contributed by atoms with Crippen LogP contribution in [-0.4, -0.2) is 17.2 Å². The molecule has 1 aromatic carbocycles. The van der Waals surface area contributed by atoms with Gasteiger partial charge in [0.15, 0.2) is 5.82 Å². The minimum absolute atomic E-state index is 0.442. The van der Waals surface area contributed by atoms with Crippen LogP contribution in [0, 0.1) is 6.92 Å². The first-order valence-corrected chi connectivity index (χ1v) is 5.51. The van der Waals surface area contributed by atoms with E-state index in [1.54, 1.807) is 6.07 Å². The van der Waals surface area contributed by atoms with Crippen molar-refractivity contribution in [1.82, 2.24) is 10.2 Å². The Bertz CT molecular complexity index is 476. The largest absolute Gasteiger partial charge is 0.382 e. The average Bonchev–Trinajstić information content (AvgIpc) is 2.33. The first-order valence-electron chi connectivity index (χ1n) is 5.51. The summed E-state index contributed by atoms with van der Waals surface area (Å²) in [7, 11) is 1.99. The van der Waals surface area contributed by atoms with Gasteiger partial charge in [0.25, 0.3) is 0 Å². The molecule has 2 aromatic rings.